The summed E-state index contributed by atoms with van der Waals surface area (Å²) < 4.78 is 5.84. The first-order valence-corrected chi connectivity index (χ1v) is 3.63. The van der Waals surface area contributed by atoms with Crippen molar-refractivity contribution in [2.75, 3.05) is 12.8 Å². The van der Waals surface area contributed by atoms with Gasteiger partial charge in [0.1, 0.15) is 5.75 Å². The third-order valence-electron chi connectivity index (χ3n) is 1.23. The minimum Gasteiger partial charge on any atom is -0.495 e. The zero-order valence-electron chi connectivity index (χ0n) is 6.00. The molecule has 11 heavy (non-hydrogen) atoms. The molecule has 1 aromatic rings. The molecule has 1 aromatic carbocycles. The first-order valence-electron chi connectivity index (χ1n) is 2.83. The van der Waals surface area contributed by atoms with Crippen molar-refractivity contribution in [1.82, 2.24) is 0 Å². The van der Waals surface area contributed by atoms with Gasteiger partial charge in [0.15, 0.2) is 0 Å². The molecule has 0 aromatic heterocycles. The Morgan fingerprint density at radius 3 is 2.55 bits per heavy atom. The number of para-hydroxylation sites is 1. The fourth-order valence-corrected chi connectivity index (χ4v) is 1.04. The molecule has 0 bridgehead atoms. The van der Waals surface area contributed by atoms with Gasteiger partial charge in [0.05, 0.1) is 12.8 Å². The molecule has 0 aliphatic rings. The van der Waals surface area contributed by atoms with E-state index in [1.807, 2.05) is 18.2 Å². The Morgan fingerprint density at radius 1 is 1.45 bits per heavy atom. The van der Waals surface area contributed by atoms with E-state index >= 15 is 0 Å². The van der Waals surface area contributed by atoms with Crippen molar-refractivity contribution in [1.29, 1.82) is 0 Å². The van der Waals surface area contributed by atoms with E-state index < -0.39 is 0 Å². The average Bonchev–Trinajstić information content (AvgIpc) is 1.95. The molecule has 0 saturated heterocycles. The number of methoxy groups -OCH3 is 1. The minimum atomic E-state index is 0. The second-order valence-corrected chi connectivity index (χ2v) is 2.71. The van der Waals surface area contributed by atoms with Crippen LogP contribution in [0, 0.1) is 0 Å². The first kappa shape index (κ1) is 10.6. The maximum Gasteiger partial charge on any atom is 0.142 e. The van der Waals surface area contributed by atoms with Gasteiger partial charge in [0.2, 0.25) is 0 Å². The van der Waals surface area contributed by atoms with Crippen LogP contribution in [0.15, 0.2) is 22.7 Å². The quantitative estimate of drug-likeness (QED) is 0.763. The first-order chi connectivity index (χ1) is 4.75. The molecule has 2 N–H and O–H groups in total. The van der Waals surface area contributed by atoms with Crippen LogP contribution in [-0.4, -0.2) is 7.11 Å². The van der Waals surface area contributed by atoms with Crippen LogP contribution in [0.25, 0.3) is 0 Å². The van der Waals surface area contributed by atoms with Crippen molar-refractivity contribution >= 4 is 34.0 Å². The number of ether oxygens (including phenoxy) is 1. The van der Waals surface area contributed by atoms with Crippen LogP contribution in [0.3, 0.4) is 0 Å². The zero-order chi connectivity index (χ0) is 7.56. The number of anilines is 1. The molecule has 0 radical (unpaired) electrons. The fourth-order valence-electron chi connectivity index (χ4n) is 0.695. The van der Waals surface area contributed by atoms with E-state index in [1.165, 1.54) is 0 Å². The summed E-state index contributed by atoms with van der Waals surface area (Å²) >= 11 is 3.28. The number of rotatable bonds is 1. The standard InChI is InChI=1S/C7H8BrNO.ClH/c1-10-6-4-2-3-5(8)7(6)9;/h2-4H,9H2,1H3;1H. The zero-order valence-corrected chi connectivity index (χ0v) is 8.41. The highest BCUT2D eigenvalue weighted by atomic mass is 79.9. The Hall–Kier alpha value is -0.410. The molecule has 4 heteroatoms. The number of hydrogen-bond donors (Lipinski definition) is 1. The Balaban J connectivity index is 0.000001000. The summed E-state index contributed by atoms with van der Waals surface area (Å²) in [5, 5.41) is 0. The second kappa shape index (κ2) is 4.46. The predicted molar refractivity (Wildman–Crippen MR) is 52.4 cm³/mol. The highest BCUT2D eigenvalue weighted by molar-refractivity contribution is 9.10. The molecule has 0 atom stereocenters. The number of nitrogen functional groups attached to an aromatic ring is 1. The molecule has 0 fully saturated rings. The van der Waals surface area contributed by atoms with E-state index in [2.05, 4.69) is 15.9 Å². The molecule has 0 heterocycles. The van der Waals surface area contributed by atoms with Crippen LogP contribution in [0.5, 0.6) is 5.75 Å². The van der Waals surface area contributed by atoms with Crippen LogP contribution in [0.1, 0.15) is 0 Å². The van der Waals surface area contributed by atoms with E-state index in [0.717, 1.165) is 4.47 Å². The van der Waals surface area contributed by atoms with E-state index in [-0.39, 0.29) is 12.4 Å². The van der Waals surface area contributed by atoms with Crippen LogP contribution in [0.4, 0.5) is 5.69 Å². The van der Waals surface area contributed by atoms with Crippen LogP contribution < -0.4 is 10.5 Å². The van der Waals surface area contributed by atoms with Crippen LogP contribution in [-0.2, 0) is 0 Å². The van der Waals surface area contributed by atoms with E-state index in [4.69, 9.17) is 10.5 Å². The van der Waals surface area contributed by atoms with Gasteiger partial charge in [-0.05, 0) is 28.1 Å². The lowest BCUT2D eigenvalue weighted by molar-refractivity contribution is 0.417. The Bertz CT molecular complexity index is 242. The molecule has 0 saturated carbocycles. The van der Waals surface area contributed by atoms with Gasteiger partial charge in [-0.25, -0.2) is 0 Å². The molecule has 62 valence electrons. The molecular formula is C7H9BrClNO. The Labute approximate surface area is 80.3 Å². The summed E-state index contributed by atoms with van der Waals surface area (Å²) in [5.41, 5.74) is 6.26. The van der Waals surface area contributed by atoms with Crippen molar-refractivity contribution in [2.45, 2.75) is 0 Å². The van der Waals surface area contributed by atoms with Gasteiger partial charge in [-0.2, -0.15) is 0 Å². The van der Waals surface area contributed by atoms with Crippen molar-refractivity contribution in [3.63, 3.8) is 0 Å². The molecule has 0 aliphatic carbocycles. The van der Waals surface area contributed by atoms with Crippen molar-refractivity contribution in [2.24, 2.45) is 0 Å². The predicted octanol–water partition coefficient (Wildman–Crippen LogP) is 2.46. The summed E-state index contributed by atoms with van der Waals surface area (Å²) in [4.78, 5) is 0. The summed E-state index contributed by atoms with van der Waals surface area (Å²) in [7, 11) is 1.60. The number of hydrogen-bond acceptors (Lipinski definition) is 2. The van der Waals surface area contributed by atoms with Gasteiger partial charge in [-0.1, -0.05) is 6.07 Å². The molecule has 0 unspecified atom stereocenters. The summed E-state index contributed by atoms with van der Waals surface area (Å²) in [5.74, 6) is 0.703. The summed E-state index contributed by atoms with van der Waals surface area (Å²) in [6.07, 6.45) is 0. The second-order valence-electron chi connectivity index (χ2n) is 1.86. The van der Waals surface area contributed by atoms with Gasteiger partial charge in [0, 0.05) is 4.47 Å². The lowest BCUT2D eigenvalue weighted by Crippen LogP contribution is -1.92. The summed E-state index contributed by atoms with van der Waals surface area (Å²) in [6, 6.07) is 5.57. The topological polar surface area (TPSA) is 35.2 Å². The molecule has 1 rings (SSSR count). The van der Waals surface area contributed by atoms with Gasteiger partial charge in [-0.3, -0.25) is 0 Å². The number of nitrogens with two attached hydrogens (primary N) is 1. The van der Waals surface area contributed by atoms with Gasteiger partial charge in [0.25, 0.3) is 0 Å². The maximum atomic E-state index is 5.62. The highest BCUT2D eigenvalue weighted by Crippen LogP contribution is 2.28. The SMILES string of the molecule is COc1cccc(Br)c1N.Cl. The molecule has 0 spiro atoms. The van der Waals surface area contributed by atoms with Gasteiger partial charge >= 0.3 is 0 Å². The fraction of sp³-hybridized carbons (Fsp3) is 0.143. The van der Waals surface area contributed by atoms with Crippen LogP contribution >= 0.6 is 28.3 Å². The lowest BCUT2D eigenvalue weighted by Gasteiger charge is -2.03. The maximum absolute atomic E-state index is 5.62. The smallest absolute Gasteiger partial charge is 0.142 e. The van der Waals surface area contributed by atoms with E-state index in [9.17, 15) is 0 Å². The third kappa shape index (κ3) is 2.27. The summed E-state index contributed by atoms with van der Waals surface area (Å²) in [6.45, 7) is 0. The van der Waals surface area contributed by atoms with Gasteiger partial charge < -0.3 is 10.5 Å². The lowest BCUT2D eigenvalue weighted by atomic mass is 10.3. The normalized spacial score (nSPS) is 8.55. The Morgan fingerprint density at radius 2 is 2.09 bits per heavy atom. The van der Waals surface area contributed by atoms with Crippen molar-refractivity contribution in [3.8, 4) is 5.75 Å². The molecule has 0 aliphatic heterocycles. The third-order valence-corrected chi connectivity index (χ3v) is 1.92. The number of benzene rings is 1. The van der Waals surface area contributed by atoms with E-state index in [0.29, 0.717) is 11.4 Å². The number of halogens is 2. The van der Waals surface area contributed by atoms with Crippen LogP contribution in [0.2, 0.25) is 0 Å². The largest absolute Gasteiger partial charge is 0.495 e. The van der Waals surface area contributed by atoms with Crippen molar-refractivity contribution in [3.05, 3.63) is 22.7 Å². The van der Waals surface area contributed by atoms with Gasteiger partial charge in [-0.15, -0.1) is 12.4 Å². The molecule has 2 nitrogen and oxygen atoms in total. The van der Waals surface area contributed by atoms with Crippen molar-refractivity contribution < 1.29 is 4.74 Å². The Kier molecular flexibility index (Phi) is 4.30. The monoisotopic (exact) mass is 237 g/mol. The average molecular weight is 239 g/mol. The molecule has 0 amide bonds. The van der Waals surface area contributed by atoms with E-state index in [1.54, 1.807) is 7.11 Å². The minimum absolute atomic E-state index is 0. The molecular weight excluding hydrogens is 229 g/mol. The highest BCUT2D eigenvalue weighted by Gasteiger charge is 1.99.